The molecule has 7 nitrogen and oxygen atoms in total. The minimum atomic E-state index is -0.0287. The first-order valence-electron chi connectivity index (χ1n) is 8.83. The van der Waals surface area contributed by atoms with Crippen LogP contribution in [0.2, 0.25) is 10.0 Å². The fourth-order valence-electron chi connectivity index (χ4n) is 3.05. The quantitative estimate of drug-likeness (QED) is 0.790. The predicted octanol–water partition coefficient (Wildman–Crippen LogP) is 3.06. The Morgan fingerprint density at radius 3 is 2.63 bits per heavy atom. The number of carbonyl (C=O) groups is 1. The van der Waals surface area contributed by atoms with Crippen molar-refractivity contribution >= 4 is 41.0 Å². The molecule has 0 aliphatic carbocycles. The molecule has 0 bridgehead atoms. The Labute approximate surface area is 168 Å². The van der Waals surface area contributed by atoms with Crippen LogP contribution < -0.4 is 15.5 Å². The summed E-state index contributed by atoms with van der Waals surface area (Å²) in [5.74, 6) is 1.89. The third-order valence-corrected chi connectivity index (χ3v) is 5.16. The molecule has 1 saturated heterocycles. The van der Waals surface area contributed by atoms with E-state index < -0.39 is 0 Å². The molecule has 0 atom stereocenters. The van der Waals surface area contributed by atoms with E-state index in [4.69, 9.17) is 23.2 Å². The second kappa shape index (κ2) is 8.71. The summed E-state index contributed by atoms with van der Waals surface area (Å²) >= 11 is 12.1. The Morgan fingerprint density at radius 2 is 1.96 bits per heavy atom. The molecule has 0 saturated carbocycles. The lowest BCUT2D eigenvalue weighted by atomic mass is 9.96. The molecule has 2 aromatic rings. The predicted molar refractivity (Wildman–Crippen MR) is 107 cm³/mol. The highest BCUT2D eigenvalue weighted by atomic mass is 35.5. The lowest BCUT2D eigenvalue weighted by molar-refractivity contribution is -0.125. The summed E-state index contributed by atoms with van der Waals surface area (Å²) in [7, 11) is 1.78. The first kappa shape index (κ1) is 19.6. The number of benzene rings is 1. The lowest BCUT2D eigenvalue weighted by Gasteiger charge is -2.31. The van der Waals surface area contributed by atoms with Crippen molar-refractivity contribution < 1.29 is 4.79 Å². The van der Waals surface area contributed by atoms with Gasteiger partial charge < -0.3 is 15.5 Å². The van der Waals surface area contributed by atoms with E-state index in [0.717, 1.165) is 31.5 Å². The maximum absolute atomic E-state index is 12.5. The fourth-order valence-corrected chi connectivity index (χ4v) is 3.53. The van der Waals surface area contributed by atoms with Crippen LogP contribution in [0.1, 0.15) is 24.2 Å². The van der Waals surface area contributed by atoms with Gasteiger partial charge in [-0.3, -0.25) is 4.79 Å². The number of anilines is 2. The number of nitrogens with zero attached hydrogens (tertiary/aromatic N) is 4. The molecule has 1 amide bonds. The lowest BCUT2D eigenvalue weighted by Crippen LogP contribution is -2.41. The van der Waals surface area contributed by atoms with Crippen LogP contribution in [0.4, 0.5) is 11.9 Å². The fraction of sp³-hybridized carbons (Fsp3) is 0.444. The van der Waals surface area contributed by atoms with Gasteiger partial charge in [-0.1, -0.05) is 29.3 Å². The van der Waals surface area contributed by atoms with E-state index in [2.05, 4.69) is 30.5 Å². The molecule has 2 N–H and O–H groups in total. The smallest absolute Gasteiger partial charge is 0.230 e. The van der Waals surface area contributed by atoms with Gasteiger partial charge in [-0.25, -0.2) is 0 Å². The van der Waals surface area contributed by atoms with Gasteiger partial charge in [-0.15, -0.1) is 0 Å². The molecule has 1 fully saturated rings. The number of rotatable bonds is 5. The van der Waals surface area contributed by atoms with Crippen LogP contribution in [0.15, 0.2) is 18.2 Å². The number of piperidine rings is 1. The van der Waals surface area contributed by atoms with Crippen LogP contribution in [-0.2, 0) is 11.3 Å². The minimum Gasteiger partial charge on any atom is -0.357 e. The number of aryl methyl sites for hydroxylation is 1. The van der Waals surface area contributed by atoms with Crippen molar-refractivity contribution in [3.8, 4) is 0 Å². The van der Waals surface area contributed by atoms with Gasteiger partial charge in [-0.05, 0) is 37.5 Å². The molecule has 1 aromatic carbocycles. The number of nitrogens with one attached hydrogen (secondary N) is 2. The third-order valence-electron chi connectivity index (χ3n) is 4.58. The van der Waals surface area contributed by atoms with Gasteiger partial charge in [-0.2, -0.15) is 15.0 Å². The van der Waals surface area contributed by atoms with Crippen molar-refractivity contribution in [1.29, 1.82) is 0 Å². The summed E-state index contributed by atoms with van der Waals surface area (Å²) in [6, 6.07) is 5.28. The summed E-state index contributed by atoms with van der Waals surface area (Å²) in [6.07, 6.45) is 1.50. The number of amides is 1. The third kappa shape index (κ3) is 4.99. The number of carbonyl (C=O) groups excluding carboxylic acids is 1. The zero-order chi connectivity index (χ0) is 19.4. The Hall–Kier alpha value is -2.12. The number of hydrogen-bond donors (Lipinski definition) is 2. The number of hydrogen-bond acceptors (Lipinski definition) is 6. The molecule has 144 valence electrons. The maximum Gasteiger partial charge on any atom is 0.230 e. The average molecular weight is 409 g/mol. The topological polar surface area (TPSA) is 83.0 Å². The largest absolute Gasteiger partial charge is 0.357 e. The van der Waals surface area contributed by atoms with Gasteiger partial charge in [0.15, 0.2) is 0 Å². The Bertz CT molecular complexity index is 823. The van der Waals surface area contributed by atoms with E-state index in [0.29, 0.717) is 34.3 Å². The first-order valence-corrected chi connectivity index (χ1v) is 9.59. The molecule has 2 heterocycles. The van der Waals surface area contributed by atoms with Crippen LogP contribution in [-0.4, -0.2) is 41.0 Å². The summed E-state index contributed by atoms with van der Waals surface area (Å²) in [5.41, 5.74) is 0.854. The number of halogens is 2. The molecule has 1 aromatic heterocycles. The SMILES string of the molecule is CNc1nc(C)nc(N2CCC(C(=O)NCc3ccc(Cl)cc3Cl)CC2)n1. The second-order valence-electron chi connectivity index (χ2n) is 6.47. The molecule has 0 radical (unpaired) electrons. The van der Waals surface area contributed by atoms with E-state index in [1.54, 1.807) is 19.2 Å². The highest BCUT2D eigenvalue weighted by Gasteiger charge is 2.26. The van der Waals surface area contributed by atoms with Crippen LogP contribution >= 0.6 is 23.2 Å². The van der Waals surface area contributed by atoms with Crippen molar-refractivity contribution in [1.82, 2.24) is 20.3 Å². The Kier molecular flexibility index (Phi) is 6.34. The molecule has 3 rings (SSSR count). The van der Waals surface area contributed by atoms with Gasteiger partial charge in [0.2, 0.25) is 17.8 Å². The molecule has 1 aliphatic rings. The van der Waals surface area contributed by atoms with E-state index in [1.807, 2.05) is 13.0 Å². The van der Waals surface area contributed by atoms with E-state index in [-0.39, 0.29) is 11.8 Å². The van der Waals surface area contributed by atoms with E-state index in [9.17, 15) is 4.79 Å². The molecule has 27 heavy (non-hydrogen) atoms. The van der Waals surface area contributed by atoms with Gasteiger partial charge in [0, 0.05) is 42.6 Å². The van der Waals surface area contributed by atoms with Crippen molar-refractivity contribution in [2.24, 2.45) is 5.92 Å². The van der Waals surface area contributed by atoms with E-state index >= 15 is 0 Å². The zero-order valence-electron chi connectivity index (χ0n) is 15.3. The van der Waals surface area contributed by atoms with Crippen molar-refractivity contribution in [3.05, 3.63) is 39.6 Å². The molecule has 9 heteroatoms. The summed E-state index contributed by atoms with van der Waals surface area (Å²) in [6.45, 7) is 3.69. The number of aromatic nitrogens is 3. The molecule has 0 unspecified atom stereocenters. The normalized spacial score (nSPS) is 14.9. The summed E-state index contributed by atoms with van der Waals surface area (Å²) in [4.78, 5) is 27.6. The average Bonchev–Trinajstić information content (AvgIpc) is 2.66. The molecular weight excluding hydrogens is 387 g/mol. The molecule has 0 spiro atoms. The summed E-state index contributed by atoms with van der Waals surface area (Å²) < 4.78 is 0. The molecular formula is C18H22Cl2N6O. The van der Waals surface area contributed by atoms with Gasteiger partial charge in [0.05, 0.1) is 0 Å². The van der Waals surface area contributed by atoms with Crippen LogP contribution in [0, 0.1) is 12.8 Å². The van der Waals surface area contributed by atoms with Crippen LogP contribution in [0.5, 0.6) is 0 Å². The van der Waals surface area contributed by atoms with Gasteiger partial charge >= 0.3 is 0 Å². The van der Waals surface area contributed by atoms with Crippen LogP contribution in [0.3, 0.4) is 0 Å². The van der Waals surface area contributed by atoms with Crippen LogP contribution in [0.25, 0.3) is 0 Å². The minimum absolute atomic E-state index is 0.0287. The van der Waals surface area contributed by atoms with Gasteiger partial charge in [0.1, 0.15) is 5.82 Å². The monoisotopic (exact) mass is 408 g/mol. The van der Waals surface area contributed by atoms with Gasteiger partial charge in [0.25, 0.3) is 0 Å². The Morgan fingerprint density at radius 1 is 1.22 bits per heavy atom. The molecule has 1 aliphatic heterocycles. The van der Waals surface area contributed by atoms with Crippen molar-refractivity contribution in [2.75, 3.05) is 30.4 Å². The highest BCUT2D eigenvalue weighted by Crippen LogP contribution is 2.23. The second-order valence-corrected chi connectivity index (χ2v) is 7.31. The maximum atomic E-state index is 12.5. The van der Waals surface area contributed by atoms with E-state index in [1.165, 1.54) is 0 Å². The first-order chi connectivity index (χ1) is 13.0. The standard InChI is InChI=1S/C18H22Cl2N6O/c1-11-23-17(21-2)25-18(24-11)26-7-5-12(6-8-26)16(27)22-10-13-3-4-14(19)9-15(13)20/h3-4,9,12H,5-8,10H2,1-2H3,(H,22,27)(H,21,23,24,25). The van der Waals surface area contributed by atoms with Crippen molar-refractivity contribution in [3.63, 3.8) is 0 Å². The van der Waals surface area contributed by atoms with Crippen molar-refractivity contribution in [2.45, 2.75) is 26.3 Å². The highest BCUT2D eigenvalue weighted by molar-refractivity contribution is 6.35. The zero-order valence-corrected chi connectivity index (χ0v) is 16.8. The summed E-state index contributed by atoms with van der Waals surface area (Å²) in [5, 5.41) is 7.06. The Balaban J connectivity index is 1.54.